The van der Waals surface area contributed by atoms with E-state index in [0.717, 1.165) is 30.4 Å². The van der Waals surface area contributed by atoms with E-state index in [2.05, 4.69) is 10.1 Å². The summed E-state index contributed by atoms with van der Waals surface area (Å²) < 4.78 is 9.81. The molecule has 0 aromatic heterocycles. The van der Waals surface area contributed by atoms with Crippen molar-refractivity contribution in [1.82, 2.24) is 4.90 Å². The summed E-state index contributed by atoms with van der Waals surface area (Å²) in [5.41, 5.74) is 0.963. The first-order valence-corrected chi connectivity index (χ1v) is 7.58. The molecule has 1 amide bonds. The van der Waals surface area contributed by atoms with Crippen LogP contribution in [0.2, 0.25) is 0 Å². The van der Waals surface area contributed by atoms with Gasteiger partial charge in [-0.1, -0.05) is 12.1 Å². The Morgan fingerprint density at radius 2 is 1.87 bits per heavy atom. The van der Waals surface area contributed by atoms with E-state index in [0.29, 0.717) is 19.1 Å². The zero-order valence-electron chi connectivity index (χ0n) is 13.5. The van der Waals surface area contributed by atoms with E-state index in [4.69, 9.17) is 4.74 Å². The van der Waals surface area contributed by atoms with Crippen molar-refractivity contribution < 1.29 is 19.1 Å². The number of hydrogen-bond acceptors (Lipinski definition) is 5. The van der Waals surface area contributed by atoms with Gasteiger partial charge in [-0.15, -0.1) is 0 Å². The molecule has 1 aromatic carbocycles. The van der Waals surface area contributed by atoms with Crippen LogP contribution < -0.4 is 10.1 Å². The van der Waals surface area contributed by atoms with Crippen molar-refractivity contribution in [2.75, 3.05) is 32.6 Å². The number of methoxy groups -OCH3 is 2. The molecule has 0 spiro atoms. The Morgan fingerprint density at radius 1 is 1.17 bits per heavy atom. The van der Waals surface area contributed by atoms with E-state index < -0.39 is 5.97 Å². The number of ether oxygens (including phenoxy) is 2. The molecule has 23 heavy (non-hydrogen) atoms. The third-order valence-corrected chi connectivity index (χ3v) is 3.84. The van der Waals surface area contributed by atoms with Crippen molar-refractivity contribution in [3.05, 3.63) is 36.4 Å². The van der Waals surface area contributed by atoms with E-state index in [1.165, 1.54) is 13.2 Å². The summed E-state index contributed by atoms with van der Waals surface area (Å²) in [4.78, 5) is 24.7. The Morgan fingerprint density at radius 3 is 2.52 bits per heavy atom. The molecule has 1 fully saturated rings. The fourth-order valence-electron chi connectivity index (χ4n) is 2.54. The number of esters is 1. The Bertz CT molecular complexity index is 578. The van der Waals surface area contributed by atoms with Gasteiger partial charge in [-0.05, 0) is 25.0 Å². The molecule has 1 aliphatic rings. The van der Waals surface area contributed by atoms with Gasteiger partial charge in [0.15, 0.2) is 0 Å². The minimum absolute atomic E-state index is 0.161. The van der Waals surface area contributed by atoms with Crippen LogP contribution in [0, 0.1) is 0 Å². The largest absolute Gasteiger partial charge is 0.495 e. The molecular weight excluding hydrogens is 296 g/mol. The molecule has 6 heteroatoms. The predicted octanol–water partition coefficient (Wildman–Crippen LogP) is 1.83. The van der Waals surface area contributed by atoms with Crippen LogP contribution in [0.1, 0.15) is 12.8 Å². The van der Waals surface area contributed by atoms with Crippen molar-refractivity contribution in [1.29, 1.82) is 0 Å². The summed E-state index contributed by atoms with van der Waals surface area (Å²) >= 11 is 0. The van der Waals surface area contributed by atoms with Crippen LogP contribution in [0.3, 0.4) is 0 Å². The lowest BCUT2D eigenvalue weighted by Crippen LogP contribution is -2.41. The van der Waals surface area contributed by atoms with Crippen LogP contribution in [-0.2, 0) is 14.3 Å². The van der Waals surface area contributed by atoms with Gasteiger partial charge in [0.2, 0.25) is 5.91 Å². The fraction of sp³-hybridized carbons (Fsp3) is 0.412. The van der Waals surface area contributed by atoms with Gasteiger partial charge < -0.3 is 19.7 Å². The third-order valence-electron chi connectivity index (χ3n) is 3.84. The first-order chi connectivity index (χ1) is 11.1. The Balaban J connectivity index is 1.85. The van der Waals surface area contributed by atoms with Crippen LogP contribution in [0.25, 0.3) is 0 Å². The molecule has 0 bridgehead atoms. The lowest BCUT2D eigenvalue weighted by atomic mass is 10.0. The number of carbonyl (C=O) groups is 2. The average Bonchev–Trinajstić information content (AvgIpc) is 2.60. The summed E-state index contributed by atoms with van der Waals surface area (Å²) in [6.45, 7) is 1.30. The molecule has 0 aliphatic carbocycles. The summed E-state index contributed by atoms with van der Waals surface area (Å²) in [5.74, 6) is 0.129. The van der Waals surface area contributed by atoms with E-state index in [1.807, 2.05) is 24.3 Å². The molecular formula is C17H22N2O4. The number of para-hydroxylation sites is 2. The summed E-state index contributed by atoms with van der Waals surface area (Å²) in [5, 5.41) is 3.46. The number of nitrogens with zero attached hydrogens (tertiary/aromatic N) is 1. The van der Waals surface area contributed by atoms with Crippen molar-refractivity contribution in [3.63, 3.8) is 0 Å². The highest BCUT2D eigenvalue weighted by atomic mass is 16.5. The van der Waals surface area contributed by atoms with Gasteiger partial charge in [-0.3, -0.25) is 4.79 Å². The van der Waals surface area contributed by atoms with E-state index in [1.54, 1.807) is 12.0 Å². The van der Waals surface area contributed by atoms with Crippen LogP contribution in [0.5, 0.6) is 5.75 Å². The quantitative estimate of drug-likeness (QED) is 0.662. The lowest BCUT2D eigenvalue weighted by molar-refractivity contribution is -0.135. The zero-order chi connectivity index (χ0) is 16.7. The molecule has 1 N–H and O–H groups in total. The van der Waals surface area contributed by atoms with Gasteiger partial charge in [0.1, 0.15) is 5.75 Å². The predicted molar refractivity (Wildman–Crippen MR) is 87.4 cm³/mol. The highest BCUT2D eigenvalue weighted by Crippen LogP contribution is 2.26. The SMILES string of the molecule is COC(=O)/C=C/C(=O)N1CCC(Nc2ccccc2OC)CC1. The van der Waals surface area contributed by atoms with Crippen molar-refractivity contribution in [2.45, 2.75) is 18.9 Å². The number of nitrogens with one attached hydrogen (secondary N) is 1. The molecule has 1 aromatic rings. The highest BCUT2D eigenvalue weighted by Gasteiger charge is 2.22. The summed E-state index contributed by atoms with van der Waals surface area (Å²) in [7, 11) is 2.93. The van der Waals surface area contributed by atoms with Crippen molar-refractivity contribution >= 4 is 17.6 Å². The molecule has 124 valence electrons. The van der Waals surface area contributed by atoms with Crippen LogP contribution in [0.4, 0.5) is 5.69 Å². The number of anilines is 1. The van der Waals surface area contributed by atoms with Gasteiger partial charge >= 0.3 is 5.97 Å². The maximum atomic E-state index is 12.0. The molecule has 0 atom stereocenters. The monoisotopic (exact) mass is 318 g/mol. The molecule has 0 saturated carbocycles. The molecule has 0 unspecified atom stereocenters. The Labute approximate surface area is 136 Å². The molecule has 6 nitrogen and oxygen atoms in total. The normalized spacial score (nSPS) is 15.5. The van der Waals surface area contributed by atoms with E-state index in [9.17, 15) is 9.59 Å². The second-order valence-electron chi connectivity index (χ2n) is 5.30. The second-order valence-corrected chi connectivity index (χ2v) is 5.30. The Hall–Kier alpha value is -2.50. The highest BCUT2D eigenvalue weighted by molar-refractivity contribution is 5.94. The molecule has 1 saturated heterocycles. The number of benzene rings is 1. The first kappa shape index (κ1) is 16.9. The number of likely N-dealkylation sites (tertiary alicyclic amines) is 1. The van der Waals surface area contributed by atoms with Gasteiger partial charge in [0.05, 0.1) is 19.9 Å². The maximum absolute atomic E-state index is 12.0. The molecule has 1 aliphatic heterocycles. The van der Waals surface area contributed by atoms with E-state index in [-0.39, 0.29) is 5.91 Å². The fourth-order valence-corrected chi connectivity index (χ4v) is 2.54. The van der Waals surface area contributed by atoms with Crippen LogP contribution in [0.15, 0.2) is 36.4 Å². The summed E-state index contributed by atoms with van der Waals surface area (Å²) in [6.07, 6.45) is 4.10. The molecule has 0 radical (unpaired) electrons. The Kier molecular flexibility index (Phi) is 6.02. The zero-order valence-corrected chi connectivity index (χ0v) is 13.5. The van der Waals surface area contributed by atoms with Gasteiger partial charge in [-0.25, -0.2) is 4.79 Å². The van der Waals surface area contributed by atoms with Crippen LogP contribution >= 0.6 is 0 Å². The average molecular weight is 318 g/mol. The standard InChI is InChI=1S/C17H22N2O4/c1-22-15-6-4-3-5-14(15)18-13-9-11-19(12-10-13)16(20)7-8-17(21)23-2/h3-8,13,18H,9-12H2,1-2H3/b8-7+. The minimum Gasteiger partial charge on any atom is -0.495 e. The van der Waals surface area contributed by atoms with Crippen molar-refractivity contribution in [3.8, 4) is 5.75 Å². The summed E-state index contributed by atoms with van der Waals surface area (Å²) in [6, 6.07) is 8.08. The number of rotatable bonds is 5. The van der Waals surface area contributed by atoms with Crippen molar-refractivity contribution in [2.24, 2.45) is 0 Å². The second kappa shape index (κ2) is 8.22. The number of piperidine rings is 1. The molecule has 1 heterocycles. The maximum Gasteiger partial charge on any atom is 0.330 e. The number of carbonyl (C=O) groups excluding carboxylic acids is 2. The van der Waals surface area contributed by atoms with E-state index >= 15 is 0 Å². The minimum atomic E-state index is -0.522. The topological polar surface area (TPSA) is 67.9 Å². The van der Waals surface area contributed by atoms with Crippen LogP contribution in [-0.4, -0.2) is 50.1 Å². The van der Waals surface area contributed by atoms with Gasteiger partial charge in [0.25, 0.3) is 0 Å². The third kappa shape index (κ3) is 4.74. The first-order valence-electron chi connectivity index (χ1n) is 7.58. The van der Waals surface area contributed by atoms with Gasteiger partial charge in [-0.2, -0.15) is 0 Å². The van der Waals surface area contributed by atoms with Gasteiger partial charge in [0, 0.05) is 31.3 Å². The number of hydrogen-bond donors (Lipinski definition) is 1. The lowest BCUT2D eigenvalue weighted by Gasteiger charge is -2.32. The smallest absolute Gasteiger partial charge is 0.330 e. The number of amides is 1. The molecule has 2 rings (SSSR count).